The molecule has 3 aromatic rings. The highest BCUT2D eigenvalue weighted by Gasteiger charge is 2.49. The summed E-state index contributed by atoms with van der Waals surface area (Å²) in [6.07, 6.45) is -4.72. The van der Waals surface area contributed by atoms with E-state index >= 15 is 0 Å². The molecule has 3 aromatic carbocycles. The number of hydrogen-bond acceptors (Lipinski definition) is 9. The fourth-order valence-corrected chi connectivity index (χ4v) is 5.47. The maximum Gasteiger partial charge on any atom is 0.303 e. The monoisotopic (exact) mass is 556 g/mol. The van der Waals surface area contributed by atoms with E-state index in [0.717, 1.165) is 11.1 Å². The van der Waals surface area contributed by atoms with Gasteiger partial charge in [-0.15, -0.1) is 0 Å². The molecule has 0 unspecified atom stereocenters. The molecule has 4 atom stereocenters. The van der Waals surface area contributed by atoms with Gasteiger partial charge in [0.05, 0.1) is 6.61 Å². The van der Waals surface area contributed by atoms with E-state index in [1.54, 1.807) is 36.4 Å². The molecule has 1 saturated heterocycles. The number of esters is 3. The number of hydrogen-bond donors (Lipinski definition) is 0. The molecule has 210 valence electrons. The van der Waals surface area contributed by atoms with Crippen molar-refractivity contribution in [2.24, 2.45) is 0 Å². The fourth-order valence-electron chi connectivity index (χ4n) is 5.47. The zero-order chi connectivity index (χ0) is 29.4. The molecule has 0 radical (unpaired) electrons. The van der Waals surface area contributed by atoms with E-state index in [-0.39, 0.29) is 40.2 Å². The van der Waals surface area contributed by atoms with Crippen molar-refractivity contribution >= 4 is 29.5 Å². The molecule has 0 bridgehead atoms. The topological polar surface area (TPSA) is 122 Å². The Morgan fingerprint density at radius 2 is 1.24 bits per heavy atom. The van der Waals surface area contributed by atoms with Gasteiger partial charge in [-0.1, -0.05) is 66.2 Å². The van der Waals surface area contributed by atoms with Crippen molar-refractivity contribution in [3.05, 3.63) is 94.0 Å². The molecule has 1 aliphatic heterocycles. The van der Waals surface area contributed by atoms with Gasteiger partial charge < -0.3 is 18.9 Å². The summed E-state index contributed by atoms with van der Waals surface area (Å²) in [5, 5.41) is 0. The lowest BCUT2D eigenvalue weighted by Crippen LogP contribution is -2.54. The van der Waals surface area contributed by atoms with Crippen LogP contribution in [0.2, 0.25) is 0 Å². The standard InChI is InChI=1S/C32H28O9/c1-16-9-11-20(12-10-16)21-13-14-24(27-26(21)28(36)22-7-5-6-8-23(22)29(27)37)30-32(41-19(4)35)31(40-18(3)34)25(15-38-30)39-17(2)33/h5-14,25,30-32H,15H2,1-4H3/t25-,30+,31+,32+/m1/s1. The summed E-state index contributed by atoms with van der Waals surface area (Å²) in [5.41, 5.74) is 3.45. The second-order valence-corrected chi connectivity index (χ2v) is 10.1. The molecular formula is C32H28O9. The molecule has 2 aliphatic rings. The van der Waals surface area contributed by atoms with Gasteiger partial charge in [0.25, 0.3) is 0 Å². The predicted octanol–water partition coefficient (Wildman–Crippen LogP) is 4.30. The minimum absolute atomic E-state index is 0.112. The summed E-state index contributed by atoms with van der Waals surface area (Å²) in [5.74, 6) is -2.77. The van der Waals surface area contributed by atoms with Gasteiger partial charge >= 0.3 is 17.9 Å². The van der Waals surface area contributed by atoms with Crippen molar-refractivity contribution in [2.45, 2.75) is 52.1 Å². The first-order valence-electron chi connectivity index (χ1n) is 13.1. The van der Waals surface area contributed by atoms with Crippen LogP contribution in [0.4, 0.5) is 0 Å². The van der Waals surface area contributed by atoms with Crippen LogP contribution < -0.4 is 0 Å². The summed E-state index contributed by atoms with van der Waals surface area (Å²) < 4.78 is 22.5. The number of ketones is 2. The Morgan fingerprint density at radius 3 is 1.83 bits per heavy atom. The quantitative estimate of drug-likeness (QED) is 0.261. The molecule has 0 amide bonds. The van der Waals surface area contributed by atoms with E-state index in [1.807, 2.05) is 31.2 Å². The molecule has 5 rings (SSSR count). The van der Waals surface area contributed by atoms with Crippen LogP contribution in [-0.2, 0) is 33.3 Å². The van der Waals surface area contributed by atoms with Crippen LogP contribution in [0.25, 0.3) is 11.1 Å². The number of fused-ring (bicyclic) bond motifs is 2. The number of benzene rings is 3. The predicted molar refractivity (Wildman–Crippen MR) is 145 cm³/mol. The first-order valence-corrected chi connectivity index (χ1v) is 13.1. The highest BCUT2D eigenvalue weighted by molar-refractivity contribution is 6.30. The van der Waals surface area contributed by atoms with E-state index in [9.17, 15) is 24.0 Å². The molecule has 0 saturated carbocycles. The molecule has 0 spiro atoms. The minimum Gasteiger partial charge on any atom is -0.456 e. The van der Waals surface area contributed by atoms with E-state index < -0.39 is 48.1 Å². The van der Waals surface area contributed by atoms with Crippen molar-refractivity contribution in [2.75, 3.05) is 6.61 Å². The third kappa shape index (κ3) is 5.28. The Morgan fingerprint density at radius 1 is 0.683 bits per heavy atom. The highest BCUT2D eigenvalue weighted by Crippen LogP contribution is 2.42. The summed E-state index contributed by atoms with van der Waals surface area (Å²) >= 11 is 0. The SMILES string of the molecule is CC(=O)O[C@@H]1[C@@H](OC(C)=O)[C@H](c2ccc(-c3ccc(C)cc3)c3c2C(=O)c2ccccc2C3=O)OC[C@H]1OC(C)=O. The molecule has 9 heteroatoms. The van der Waals surface area contributed by atoms with Gasteiger partial charge in [-0.25, -0.2) is 0 Å². The van der Waals surface area contributed by atoms with Crippen molar-refractivity contribution in [1.82, 2.24) is 0 Å². The third-order valence-corrected chi connectivity index (χ3v) is 7.13. The molecule has 0 aromatic heterocycles. The Balaban J connectivity index is 1.72. The van der Waals surface area contributed by atoms with Crippen molar-refractivity contribution in [3.8, 4) is 11.1 Å². The summed E-state index contributed by atoms with van der Waals surface area (Å²) in [4.78, 5) is 64.2. The summed E-state index contributed by atoms with van der Waals surface area (Å²) in [7, 11) is 0. The highest BCUT2D eigenvalue weighted by atomic mass is 16.6. The average Bonchev–Trinajstić information content (AvgIpc) is 2.92. The second kappa shape index (κ2) is 11.1. The molecule has 0 N–H and O–H groups in total. The van der Waals surface area contributed by atoms with E-state index in [1.165, 1.54) is 20.8 Å². The second-order valence-electron chi connectivity index (χ2n) is 10.1. The molecular weight excluding hydrogens is 528 g/mol. The van der Waals surface area contributed by atoms with Crippen LogP contribution in [0.5, 0.6) is 0 Å². The van der Waals surface area contributed by atoms with Crippen molar-refractivity contribution in [3.63, 3.8) is 0 Å². The van der Waals surface area contributed by atoms with Gasteiger partial charge in [-0.3, -0.25) is 24.0 Å². The number of carbonyl (C=O) groups is 5. The number of ether oxygens (including phenoxy) is 4. The molecule has 1 fully saturated rings. The Bertz CT molecular complexity index is 1570. The fraction of sp³-hybridized carbons (Fsp3) is 0.281. The normalized spacial score (nSPS) is 21.4. The maximum atomic E-state index is 14.1. The van der Waals surface area contributed by atoms with Crippen LogP contribution in [0, 0.1) is 6.92 Å². The first-order chi connectivity index (χ1) is 19.6. The Hall–Kier alpha value is -4.63. The van der Waals surface area contributed by atoms with Crippen LogP contribution in [0.1, 0.15) is 69.8 Å². The summed E-state index contributed by atoms with van der Waals surface area (Å²) in [6, 6.07) is 17.5. The lowest BCUT2D eigenvalue weighted by Gasteiger charge is -2.41. The molecule has 1 aliphatic carbocycles. The van der Waals surface area contributed by atoms with E-state index in [0.29, 0.717) is 5.56 Å². The van der Waals surface area contributed by atoms with Crippen LogP contribution in [0.3, 0.4) is 0 Å². The summed E-state index contributed by atoms with van der Waals surface area (Å²) in [6.45, 7) is 5.29. The lowest BCUT2D eigenvalue weighted by molar-refractivity contribution is -0.227. The van der Waals surface area contributed by atoms with E-state index in [4.69, 9.17) is 18.9 Å². The van der Waals surface area contributed by atoms with Gasteiger partial charge in [0.1, 0.15) is 6.10 Å². The maximum absolute atomic E-state index is 14.1. The van der Waals surface area contributed by atoms with Crippen LogP contribution in [-0.4, -0.2) is 54.4 Å². The third-order valence-electron chi connectivity index (χ3n) is 7.13. The number of aryl methyl sites for hydroxylation is 1. The zero-order valence-electron chi connectivity index (χ0n) is 23.0. The van der Waals surface area contributed by atoms with Gasteiger partial charge in [0.2, 0.25) is 0 Å². The average molecular weight is 557 g/mol. The van der Waals surface area contributed by atoms with Gasteiger partial charge in [0, 0.05) is 43.0 Å². The smallest absolute Gasteiger partial charge is 0.303 e. The lowest BCUT2D eigenvalue weighted by atomic mass is 9.76. The molecule has 9 nitrogen and oxygen atoms in total. The van der Waals surface area contributed by atoms with E-state index in [2.05, 4.69) is 0 Å². The molecule has 41 heavy (non-hydrogen) atoms. The van der Waals surface area contributed by atoms with Crippen molar-refractivity contribution < 1.29 is 42.9 Å². The van der Waals surface area contributed by atoms with Crippen LogP contribution in [0.15, 0.2) is 60.7 Å². The van der Waals surface area contributed by atoms with Crippen molar-refractivity contribution in [1.29, 1.82) is 0 Å². The molecule has 1 heterocycles. The van der Waals surface area contributed by atoms with Gasteiger partial charge in [-0.2, -0.15) is 0 Å². The largest absolute Gasteiger partial charge is 0.456 e. The Labute approximate surface area is 236 Å². The first kappa shape index (κ1) is 27.9. The van der Waals surface area contributed by atoms with Gasteiger partial charge in [0.15, 0.2) is 29.9 Å². The number of carbonyl (C=O) groups excluding carboxylic acids is 5. The van der Waals surface area contributed by atoms with Crippen LogP contribution >= 0.6 is 0 Å². The zero-order valence-corrected chi connectivity index (χ0v) is 23.0. The Kier molecular flexibility index (Phi) is 7.55. The minimum atomic E-state index is -1.29. The van der Waals surface area contributed by atoms with Gasteiger partial charge in [-0.05, 0) is 23.6 Å². The number of rotatable bonds is 5.